The number of nitrogens with one attached hydrogen (secondary N) is 1. The number of hydrogen-bond acceptors (Lipinski definition) is 3. The van der Waals surface area contributed by atoms with Crippen LogP contribution in [-0.2, 0) is 0 Å². The van der Waals surface area contributed by atoms with Gasteiger partial charge in [0.2, 0.25) is 0 Å². The lowest BCUT2D eigenvalue weighted by atomic mass is 10.0. The molecule has 0 saturated carbocycles. The molecule has 0 amide bonds. The zero-order chi connectivity index (χ0) is 13.8. The minimum atomic E-state index is 0. The molecular weight excluding hydrogens is 284 g/mol. The van der Waals surface area contributed by atoms with Gasteiger partial charge in [-0.1, -0.05) is 30.3 Å². The lowest BCUT2D eigenvalue weighted by Gasteiger charge is -2.31. The van der Waals surface area contributed by atoms with Gasteiger partial charge in [0.15, 0.2) is 0 Å². The number of methoxy groups -OCH3 is 1. The Kier molecular flexibility index (Phi) is 5.48. The Morgan fingerprint density at radius 3 is 2.29 bits per heavy atom. The molecule has 3 nitrogen and oxygen atoms in total. The van der Waals surface area contributed by atoms with Crippen LogP contribution in [0, 0.1) is 0 Å². The zero-order valence-corrected chi connectivity index (χ0v) is 13.0. The highest BCUT2D eigenvalue weighted by Crippen LogP contribution is 2.31. The summed E-state index contributed by atoms with van der Waals surface area (Å²) in [5, 5.41) is 3.40. The van der Waals surface area contributed by atoms with E-state index in [1.807, 2.05) is 12.1 Å². The summed E-state index contributed by atoms with van der Waals surface area (Å²) in [6, 6.07) is 16.9. The second-order valence-corrected chi connectivity index (χ2v) is 4.98. The van der Waals surface area contributed by atoms with Crippen LogP contribution in [0.1, 0.15) is 0 Å². The normalized spacial score (nSPS) is 14.4. The first-order valence-corrected chi connectivity index (χ1v) is 7.07. The van der Waals surface area contributed by atoms with Gasteiger partial charge in [-0.05, 0) is 23.8 Å². The maximum Gasteiger partial charge on any atom is 0.118 e. The van der Waals surface area contributed by atoms with Crippen LogP contribution >= 0.6 is 12.4 Å². The summed E-state index contributed by atoms with van der Waals surface area (Å²) in [6.45, 7) is 4.23. The van der Waals surface area contributed by atoms with Gasteiger partial charge in [0.25, 0.3) is 0 Å². The number of hydrogen-bond donors (Lipinski definition) is 1. The number of piperazine rings is 1. The molecule has 112 valence electrons. The van der Waals surface area contributed by atoms with Crippen molar-refractivity contribution in [2.45, 2.75) is 0 Å². The first kappa shape index (κ1) is 15.7. The topological polar surface area (TPSA) is 24.5 Å². The standard InChI is InChI=1S/C17H20N2O.ClH/c1-20-15-8-6-14(7-9-15)16-4-2-3-5-17(16)19-12-10-18-11-13-19;/h2-9,18H,10-13H2,1H3;1H. The lowest BCUT2D eigenvalue weighted by Crippen LogP contribution is -2.43. The summed E-state index contributed by atoms with van der Waals surface area (Å²) in [5.41, 5.74) is 3.84. The Morgan fingerprint density at radius 1 is 0.952 bits per heavy atom. The van der Waals surface area contributed by atoms with E-state index >= 15 is 0 Å². The van der Waals surface area contributed by atoms with Crippen molar-refractivity contribution in [2.75, 3.05) is 38.2 Å². The highest BCUT2D eigenvalue weighted by Gasteiger charge is 2.14. The molecule has 0 bridgehead atoms. The predicted octanol–water partition coefficient (Wildman–Crippen LogP) is 3.19. The molecular formula is C17H21ClN2O. The second kappa shape index (κ2) is 7.34. The Labute approximate surface area is 132 Å². The van der Waals surface area contributed by atoms with Crippen LogP contribution < -0.4 is 15.0 Å². The first-order chi connectivity index (χ1) is 9.88. The van der Waals surface area contributed by atoms with Crippen molar-refractivity contribution in [3.63, 3.8) is 0 Å². The van der Waals surface area contributed by atoms with Crippen LogP contribution in [0.4, 0.5) is 5.69 Å². The summed E-state index contributed by atoms with van der Waals surface area (Å²) >= 11 is 0. The quantitative estimate of drug-likeness (QED) is 0.942. The van der Waals surface area contributed by atoms with Gasteiger partial charge in [-0.3, -0.25) is 0 Å². The van der Waals surface area contributed by atoms with E-state index in [9.17, 15) is 0 Å². The Hall–Kier alpha value is -1.71. The first-order valence-electron chi connectivity index (χ1n) is 7.07. The summed E-state index contributed by atoms with van der Waals surface area (Å²) in [4.78, 5) is 2.45. The van der Waals surface area contributed by atoms with Crippen LogP contribution in [0.3, 0.4) is 0 Å². The minimum absolute atomic E-state index is 0. The molecule has 3 rings (SSSR count). The largest absolute Gasteiger partial charge is 0.497 e. The molecule has 1 N–H and O–H groups in total. The highest BCUT2D eigenvalue weighted by molar-refractivity contribution is 5.85. The SMILES string of the molecule is COc1ccc(-c2ccccc2N2CCNCC2)cc1.Cl. The van der Waals surface area contributed by atoms with Gasteiger partial charge in [-0.2, -0.15) is 0 Å². The predicted molar refractivity (Wildman–Crippen MR) is 90.8 cm³/mol. The minimum Gasteiger partial charge on any atom is -0.497 e. The van der Waals surface area contributed by atoms with Gasteiger partial charge in [-0.25, -0.2) is 0 Å². The average Bonchev–Trinajstić information content (AvgIpc) is 2.56. The van der Waals surface area contributed by atoms with Crippen molar-refractivity contribution in [3.05, 3.63) is 48.5 Å². The van der Waals surface area contributed by atoms with Gasteiger partial charge in [0, 0.05) is 37.4 Å². The molecule has 4 heteroatoms. The molecule has 1 fully saturated rings. The zero-order valence-electron chi connectivity index (χ0n) is 12.2. The van der Waals surface area contributed by atoms with Gasteiger partial charge in [0.05, 0.1) is 7.11 Å². The molecule has 1 aliphatic heterocycles. The molecule has 0 spiro atoms. The van der Waals surface area contributed by atoms with E-state index in [1.54, 1.807) is 7.11 Å². The van der Waals surface area contributed by atoms with Gasteiger partial charge in [0.1, 0.15) is 5.75 Å². The smallest absolute Gasteiger partial charge is 0.118 e. The summed E-state index contributed by atoms with van der Waals surface area (Å²) in [5.74, 6) is 0.897. The third-order valence-corrected chi connectivity index (χ3v) is 3.76. The molecule has 2 aromatic carbocycles. The van der Waals surface area contributed by atoms with Crippen molar-refractivity contribution >= 4 is 18.1 Å². The van der Waals surface area contributed by atoms with Crippen molar-refractivity contribution in [2.24, 2.45) is 0 Å². The highest BCUT2D eigenvalue weighted by atomic mass is 35.5. The Morgan fingerprint density at radius 2 is 1.62 bits per heavy atom. The van der Waals surface area contributed by atoms with E-state index in [4.69, 9.17) is 4.74 Å². The van der Waals surface area contributed by atoms with E-state index in [-0.39, 0.29) is 12.4 Å². The number of ether oxygens (including phenoxy) is 1. The van der Waals surface area contributed by atoms with E-state index in [1.165, 1.54) is 16.8 Å². The average molecular weight is 305 g/mol. The van der Waals surface area contributed by atoms with E-state index in [0.29, 0.717) is 0 Å². The number of halogens is 1. The van der Waals surface area contributed by atoms with Crippen LogP contribution in [0.5, 0.6) is 5.75 Å². The second-order valence-electron chi connectivity index (χ2n) is 4.98. The number of nitrogens with zero attached hydrogens (tertiary/aromatic N) is 1. The third-order valence-electron chi connectivity index (χ3n) is 3.76. The molecule has 2 aromatic rings. The van der Waals surface area contributed by atoms with E-state index in [2.05, 4.69) is 46.6 Å². The molecule has 0 radical (unpaired) electrons. The fourth-order valence-corrected chi connectivity index (χ4v) is 2.67. The van der Waals surface area contributed by atoms with Gasteiger partial charge >= 0.3 is 0 Å². The van der Waals surface area contributed by atoms with Crippen molar-refractivity contribution in [1.29, 1.82) is 0 Å². The molecule has 0 unspecified atom stereocenters. The number of benzene rings is 2. The van der Waals surface area contributed by atoms with Crippen LogP contribution in [0.25, 0.3) is 11.1 Å². The maximum atomic E-state index is 5.23. The fraction of sp³-hybridized carbons (Fsp3) is 0.294. The monoisotopic (exact) mass is 304 g/mol. The number of rotatable bonds is 3. The Bertz CT molecular complexity index is 565. The third kappa shape index (κ3) is 3.49. The van der Waals surface area contributed by atoms with Crippen LogP contribution in [-0.4, -0.2) is 33.3 Å². The molecule has 1 saturated heterocycles. The van der Waals surface area contributed by atoms with E-state index in [0.717, 1.165) is 31.9 Å². The molecule has 1 aliphatic rings. The molecule has 0 aliphatic carbocycles. The van der Waals surface area contributed by atoms with Gasteiger partial charge < -0.3 is 15.0 Å². The summed E-state index contributed by atoms with van der Waals surface area (Å²) < 4.78 is 5.23. The molecule has 0 atom stereocenters. The molecule has 0 aromatic heterocycles. The fourth-order valence-electron chi connectivity index (χ4n) is 2.67. The lowest BCUT2D eigenvalue weighted by molar-refractivity contribution is 0.415. The van der Waals surface area contributed by atoms with Crippen LogP contribution in [0.2, 0.25) is 0 Å². The van der Waals surface area contributed by atoms with Crippen molar-refractivity contribution in [1.82, 2.24) is 5.32 Å². The van der Waals surface area contributed by atoms with Crippen molar-refractivity contribution < 1.29 is 4.74 Å². The molecule has 21 heavy (non-hydrogen) atoms. The van der Waals surface area contributed by atoms with Crippen molar-refractivity contribution in [3.8, 4) is 16.9 Å². The molecule has 1 heterocycles. The van der Waals surface area contributed by atoms with Crippen LogP contribution in [0.15, 0.2) is 48.5 Å². The summed E-state index contributed by atoms with van der Waals surface area (Å²) in [7, 11) is 1.70. The number of para-hydroxylation sites is 1. The number of anilines is 1. The van der Waals surface area contributed by atoms with Gasteiger partial charge in [-0.15, -0.1) is 12.4 Å². The van der Waals surface area contributed by atoms with E-state index < -0.39 is 0 Å². The Balaban J connectivity index is 0.00000161. The summed E-state index contributed by atoms with van der Waals surface area (Å²) in [6.07, 6.45) is 0. The maximum absolute atomic E-state index is 5.23.